The molecule has 0 aromatic heterocycles. The minimum Gasteiger partial charge on any atom is -0.453 e. The van der Waals surface area contributed by atoms with Gasteiger partial charge in [-0.3, -0.25) is 0 Å². The Balaban J connectivity index is 1.80. The highest BCUT2D eigenvalue weighted by Crippen LogP contribution is 2.29. The first-order chi connectivity index (χ1) is 13.0. The lowest BCUT2D eigenvalue weighted by Crippen LogP contribution is -2.57. The summed E-state index contributed by atoms with van der Waals surface area (Å²) in [6, 6.07) is 16.8. The highest BCUT2D eigenvalue weighted by molar-refractivity contribution is 7.81. The van der Waals surface area contributed by atoms with Gasteiger partial charge >= 0.3 is 11.9 Å². The predicted octanol–water partition coefficient (Wildman–Crippen LogP) is 2.47. The fraction of sp³-hybridized carbons (Fsp3) is 0.300. The molecule has 1 saturated heterocycles. The van der Waals surface area contributed by atoms with Crippen molar-refractivity contribution >= 4 is 24.6 Å². The lowest BCUT2D eigenvalue weighted by atomic mass is 10.0. The van der Waals surface area contributed by atoms with Crippen LogP contribution in [0.25, 0.3) is 0 Å². The SMILES string of the molecule is C[C@H]1O[C@H](O)[C@H](OC(=O)c2ccccc2)[C@@H](OC(=O)c2ccccc2)[C@H]1S. The number of carbonyl (C=O) groups excluding carboxylic acids is 2. The Morgan fingerprint density at radius 1 is 0.889 bits per heavy atom. The second-order valence-electron chi connectivity index (χ2n) is 6.19. The minimum absolute atomic E-state index is 0.312. The van der Waals surface area contributed by atoms with Gasteiger partial charge in [0.1, 0.15) is 0 Å². The number of aliphatic hydroxyl groups is 1. The van der Waals surface area contributed by atoms with Crippen molar-refractivity contribution in [1.29, 1.82) is 0 Å². The number of carbonyl (C=O) groups is 2. The number of hydrogen-bond donors (Lipinski definition) is 2. The number of hydrogen-bond acceptors (Lipinski definition) is 7. The molecular formula is C20H20O6S. The van der Waals surface area contributed by atoms with Crippen molar-refractivity contribution in [3.63, 3.8) is 0 Å². The minimum atomic E-state index is -1.44. The van der Waals surface area contributed by atoms with E-state index in [-0.39, 0.29) is 0 Å². The fourth-order valence-corrected chi connectivity index (χ4v) is 3.10. The van der Waals surface area contributed by atoms with Crippen LogP contribution in [0, 0.1) is 0 Å². The van der Waals surface area contributed by atoms with Gasteiger partial charge in [0.15, 0.2) is 18.5 Å². The summed E-state index contributed by atoms with van der Waals surface area (Å²) in [7, 11) is 0. The van der Waals surface area contributed by atoms with Crippen LogP contribution >= 0.6 is 12.6 Å². The normalized spacial score (nSPS) is 27.6. The van der Waals surface area contributed by atoms with Crippen LogP contribution in [0.3, 0.4) is 0 Å². The highest BCUT2D eigenvalue weighted by Gasteiger charge is 2.47. The summed E-state index contributed by atoms with van der Waals surface area (Å²) in [5.74, 6) is -1.25. The van der Waals surface area contributed by atoms with Gasteiger partial charge in [-0.15, -0.1) is 0 Å². The summed E-state index contributed by atoms with van der Waals surface area (Å²) in [5, 5.41) is 9.69. The Bertz CT molecular complexity index is 782. The van der Waals surface area contributed by atoms with Crippen LogP contribution in [0.2, 0.25) is 0 Å². The quantitative estimate of drug-likeness (QED) is 0.619. The number of thiol groups is 1. The Kier molecular flexibility index (Phi) is 6.15. The van der Waals surface area contributed by atoms with E-state index in [9.17, 15) is 14.7 Å². The second kappa shape index (κ2) is 8.56. The summed E-state index contributed by atoms with van der Waals surface area (Å²) in [6.45, 7) is 1.69. The van der Waals surface area contributed by atoms with Crippen LogP contribution in [0.1, 0.15) is 27.6 Å². The number of ether oxygens (including phenoxy) is 3. The van der Waals surface area contributed by atoms with Crippen LogP contribution in [-0.4, -0.2) is 46.9 Å². The van der Waals surface area contributed by atoms with Crippen molar-refractivity contribution in [2.45, 2.75) is 36.8 Å². The first kappa shape index (κ1) is 19.4. The van der Waals surface area contributed by atoms with E-state index in [4.69, 9.17) is 14.2 Å². The molecule has 6 nitrogen and oxygen atoms in total. The summed E-state index contributed by atoms with van der Waals surface area (Å²) in [5.41, 5.74) is 0.659. The smallest absolute Gasteiger partial charge is 0.338 e. The molecule has 0 radical (unpaired) electrons. The Hall–Kier alpha value is -2.35. The van der Waals surface area contributed by atoms with Gasteiger partial charge in [0, 0.05) is 0 Å². The molecule has 2 aromatic carbocycles. The molecule has 0 bridgehead atoms. The number of rotatable bonds is 4. The summed E-state index contributed by atoms with van der Waals surface area (Å²) >= 11 is 4.44. The maximum absolute atomic E-state index is 12.5. The number of esters is 2. The molecule has 1 fully saturated rings. The van der Waals surface area contributed by atoms with E-state index in [2.05, 4.69) is 12.6 Å². The van der Waals surface area contributed by atoms with Gasteiger partial charge in [-0.2, -0.15) is 12.6 Å². The zero-order valence-electron chi connectivity index (χ0n) is 14.6. The molecule has 2 aromatic rings. The third kappa shape index (κ3) is 4.50. The third-order valence-corrected chi connectivity index (χ3v) is 5.00. The fourth-order valence-electron chi connectivity index (χ4n) is 2.80. The van der Waals surface area contributed by atoms with E-state index in [0.717, 1.165) is 0 Å². The molecule has 0 saturated carbocycles. The molecular weight excluding hydrogens is 368 g/mol. The first-order valence-electron chi connectivity index (χ1n) is 8.51. The zero-order chi connectivity index (χ0) is 19.4. The molecule has 1 aliphatic heterocycles. The van der Waals surface area contributed by atoms with Crippen LogP contribution in [0.5, 0.6) is 0 Å². The van der Waals surface area contributed by atoms with Crippen LogP contribution in [0.4, 0.5) is 0 Å². The first-order valence-corrected chi connectivity index (χ1v) is 9.02. The van der Waals surface area contributed by atoms with Crippen LogP contribution < -0.4 is 0 Å². The van der Waals surface area contributed by atoms with E-state index in [1.165, 1.54) is 0 Å². The van der Waals surface area contributed by atoms with Crippen LogP contribution in [-0.2, 0) is 14.2 Å². The van der Waals surface area contributed by atoms with E-state index in [1.54, 1.807) is 67.6 Å². The Morgan fingerprint density at radius 3 is 1.81 bits per heavy atom. The van der Waals surface area contributed by atoms with Crippen molar-refractivity contribution in [2.24, 2.45) is 0 Å². The molecule has 3 rings (SSSR count). The Labute approximate surface area is 162 Å². The largest absolute Gasteiger partial charge is 0.453 e. The molecule has 1 aliphatic rings. The molecule has 142 valence electrons. The third-order valence-electron chi connectivity index (χ3n) is 4.28. The van der Waals surface area contributed by atoms with E-state index in [1.807, 2.05) is 0 Å². The summed E-state index contributed by atoms with van der Waals surface area (Å²) in [4.78, 5) is 24.8. The lowest BCUT2D eigenvalue weighted by Gasteiger charge is -2.41. The highest BCUT2D eigenvalue weighted by atomic mass is 32.1. The second-order valence-corrected chi connectivity index (χ2v) is 6.79. The van der Waals surface area contributed by atoms with Gasteiger partial charge < -0.3 is 19.3 Å². The Morgan fingerprint density at radius 2 is 1.33 bits per heavy atom. The van der Waals surface area contributed by atoms with E-state index < -0.39 is 41.8 Å². The average Bonchev–Trinajstić information content (AvgIpc) is 2.69. The molecule has 1 N–H and O–H groups in total. The zero-order valence-corrected chi connectivity index (χ0v) is 15.5. The predicted molar refractivity (Wildman–Crippen MR) is 101 cm³/mol. The van der Waals surface area contributed by atoms with Gasteiger partial charge in [-0.25, -0.2) is 9.59 Å². The maximum Gasteiger partial charge on any atom is 0.338 e. The monoisotopic (exact) mass is 388 g/mol. The topological polar surface area (TPSA) is 82.1 Å². The molecule has 0 unspecified atom stereocenters. The number of benzene rings is 2. The van der Waals surface area contributed by atoms with Crippen molar-refractivity contribution < 1.29 is 28.9 Å². The van der Waals surface area contributed by atoms with Gasteiger partial charge in [-0.05, 0) is 31.2 Å². The van der Waals surface area contributed by atoms with E-state index >= 15 is 0 Å². The summed E-state index contributed by atoms with van der Waals surface area (Å²) < 4.78 is 16.3. The molecule has 0 spiro atoms. The molecule has 5 atom stereocenters. The van der Waals surface area contributed by atoms with Crippen molar-refractivity contribution in [1.82, 2.24) is 0 Å². The lowest BCUT2D eigenvalue weighted by molar-refractivity contribution is -0.239. The molecule has 1 heterocycles. The average molecular weight is 388 g/mol. The van der Waals surface area contributed by atoms with Gasteiger partial charge in [0.25, 0.3) is 0 Å². The van der Waals surface area contributed by atoms with Gasteiger partial charge in [0.2, 0.25) is 0 Å². The molecule has 0 amide bonds. The summed E-state index contributed by atoms with van der Waals surface area (Å²) in [6.07, 6.45) is -4.13. The standard InChI is InChI=1S/C20H20O6S/c1-12-17(27)15(25-18(21)13-8-4-2-5-9-13)16(20(23)24-12)26-19(22)14-10-6-3-7-11-14/h2-12,15-17,20,23,27H,1H3/t12-,15-,16-,17+,20+/m1/s1. The van der Waals surface area contributed by atoms with Crippen LogP contribution in [0.15, 0.2) is 60.7 Å². The van der Waals surface area contributed by atoms with Crippen molar-refractivity contribution in [3.8, 4) is 0 Å². The van der Waals surface area contributed by atoms with Gasteiger partial charge in [-0.1, -0.05) is 36.4 Å². The van der Waals surface area contributed by atoms with Crippen molar-refractivity contribution in [2.75, 3.05) is 0 Å². The van der Waals surface area contributed by atoms with Crippen molar-refractivity contribution in [3.05, 3.63) is 71.8 Å². The number of aliphatic hydroxyl groups excluding tert-OH is 1. The molecule has 27 heavy (non-hydrogen) atoms. The van der Waals surface area contributed by atoms with E-state index in [0.29, 0.717) is 11.1 Å². The van der Waals surface area contributed by atoms with Gasteiger partial charge in [0.05, 0.1) is 22.5 Å². The molecule has 7 heteroatoms. The molecule has 0 aliphatic carbocycles. The maximum atomic E-state index is 12.5.